The van der Waals surface area contributed by atoms with Gasteiger partial charge in [-0.25, -0.2) is 9.78 Å². The number of hydrogen-bond donors (Lipinski definition) is 1. The van der Waals surface area contributed by atoms with Crippen LogP contribution >= 0.6 is 23.5 Å². The molecule has 5 aliphatic rings. The molecule has 34 heavy (non-hydrogen) atoms. The van der Waals surface area contributed by atoms with Gasteiger partial charge in [0.05, 0.1) is 6.10 Å². The molecule has 1 N–H and O–H groups in total. The molecule has 8 heteroatoms. The number of fused-ring (bicyclic) bond motifs is 2. The normalized spacial score (nSPS) is 41.0. The largest absolute Gasteiger partial charge is 0.346 e. The van der Waals surface area contributed by atoms with Crippen molar-refractivity contribution in [3.63, 3.8) is 0 Å². The molecule has 2 bridgehead atoms. The van der Waals surface area contributed by atoms with E-state index in [1.54, 1.807) is 23.5 Å². The Kier molecular flexibility index (Phi) is 7.03. The number of thioether (sulfide) groups is 2. The van der Waals surface area contributed by atoms with E-state index >= 15 is 0 Å². The van der Waals surface area contributed by atoms with Crippen LogP contribution in [0.25, 0.3) is 0 Å². The van der Waals surface area contributed by atoms with Crippen LogP contribution in [0.4, 0.5) is 5.69 Å². The molecule has 1 unspecified atom stereocenters. The van der Waals surface area contributed by atoms with E-state index < -0.39 is 17.7 Å². The van der Waals surface area contributed by atoms with E-state index in [1.807, 2.05) is 31.6 Å². The number of benzene rings is 1. The minimum Gasteiger partial charge on any atom is -0.346 e. The van der Waals surface area contributed by atoms with Crippen molar-refractivity contribution in [1.29, 1.82) is 0 Å². The molecule has 1 aromatic rings. The lowest BCUT2D eigenvalue weighted by atomic mass is 9.57. The van der Waals surface area contributed by atoms with Gasteiger partial charge in [0.15, 0.2) is 11.9 Å². The van der Waals surface area contributed by atoms with Gasteiger partial charge < -0.3 is 14.8 Å². The van der Waals surface area contributed by atoms with Gasteiger partial charge in [0.2, 0.25) is 11.7 Å². The first-order chi connectivity index (χ1) is 16.3. The lowest BCUT2D eigenvalue weighted by molar-refractivity contribution is -0.571. The highest BCUT2D eigenvalue weighted by molar-refractivity contribution is 7.99. The van der Waals surface area contributed by atoms with E-state index in [0.29, 0.717) is 30.6 Å². The van der Waals surface area contributed by atoms with Crippen LogP contribution in [0.2, 0.25) is 0 Å². The summed E-state index contributed by atoms with van der Waals surface area (Å²) in [6.45, 7) is 6.53. The third-order valence-electron chi connectivity index (χ3n) is 8.59. The summed E-state index contributed by atoms with van der Waals surface area (Å²) in [6.07, 6.45) is 8.77. The number of nitrogens with one attached hydrogen (secondary N) is 1. The number of hydrogen-bond acceptors (Lipinski definition) is 7. The average molecular weight is 508 g/mol. The molecule has 5 fully saturated rings. The van der Waals surface area contributed by atoms with Crippen LogP contribution in [0.15, 0.2) is 28.0 Å². The quantitative estimate of drug-likeness (QED) is 0.369. The molecule has 1 saturated carbocycles. The van der Waals surface area contributed by atoms with Crippen molar-refractivity contribution in [1.82, 2.24) is 0 Å². The average Bonchev–Trinajstić information content (AvgIpc) is 3.06. The molecule has 0 aromatic heterocycles. The first-order valence-corrected chi connectivity index (χ1v) is 15.0. The summed E-state index contributed by atoms with van der Waals surface area (Å²) in [5, 5.41) is 3.10. The number of ether oxygens (including phenoxy) is 2. The maximum atomic E-state index is 12.9. The minimum atomic E-state index is -0.767. The van der Waals surface area contributed by atoms with Crippen LogP contribution in [-0.4, -0.2) is 42.2 Å². The van der Waals surface area contributed by atoms with Crippen molar-refractivity contribution < 1.29 is 24.0 Å². The summed E-state index contributed by atoms with van der Waals surface area (Å²) < 4.78 is 13.1. The summed E-state index contributed by atoms with van der Waals surface area (Å²) in [7, 11) is 0. The fourth-order valence-corrected chi connectivity index (χ4v) is 7.74. The number of amides is 1. The van der Waals surface area contributed by atoms with Crippen LogP contribution in [0.5, 0.6) is 0 Å². The maximum absolute atomic E-state index is 12.9. The summed E-state index contributed by atoms with van der Waals surface area (Å²) in [5.74, 6) is 0.722. The molecular weight excluding hydrogens is 470 g/mol. The predicted octanol–water partition coefficient (Wildman–Crippen LogP) is 6.10. The van der Waals surface area contributed by atoms with Crippen LogP contribution < -0.4 is 5.32 Å². The van der Waals surface area contributed by atoms with Crippen molar-refractivity contribution in [2.45, 2.75) is 92.9 Å². The standard InChI is InChI=1S/C26H37NO5S2/c1-15-6-7-21-16(2)22(29-24-26(21)20(15)10-11-25(3,30-24)31-32-26)8-9-23(28)27-17-12-18(33-4)14-19(13-17)34-5/h12-16,20-22,24H,6-11H2,1-5H3,(H,27,28)/t15-,16-,20+,21+,22-,24-,25?,26-/m1/s1. The summed E-state index contributed by atoms with van der Waals surface area (Å²) in [4.78, 5) is 27.3. The van der Waals surface area contributed by atoms with Gasteiger partial charge in [-0.3, -0.25) is 4.79 Å². The van der Waals surface area contributed by atoms with E-state index in [-0.39, 0.29) is 17.9 Å². The third kappa shape index (κ3) is 4.33. The van der Waals surface area contributed by atoms with Crippen molar-refractivity contribution in [3.8, 4) is 0 Å². The fourth-order valence-electron chi connectivity index (χ4n) is 6.69. The highest BCUT2D eigenvalue weighted by Crippen LogP contribution is 2.60. The van der Waals surface area contributed by atoms with Crippen LogP contribution in [0.3, 0.4) is 0 Å². The highest BCUT2D eigenvalue weighted by Gasteiger charge is 2.69. The van der Waals surface area contributed by atoms with Crippen LogP contribution in [0.1, 0.15) is 59.3 Å². The maximum Gasteiger partial charge on any atom is 0.224 e. The van der Waals surface area contributed by atoms with Gasteiger partial charge in [0.25, 0.3) is 0 Å². The van der Waals surface area contributed by atoms with Gasteiger partial charge in [0, 0.05) is 34.2 Å². The molecule has 4 aliphatic heterocycles. The number of rotatable bonds is 6. The van der Waals surface area contributed by atoms with E-state index in [1.165, 1.54) is 6.42 Å². The Bertz CT molecular complexity index is 908. The molecule has 1 amide bonds. The van der Waals surface area contributed by atoms with E-state index in [2.05, 4.69) is 25.2 Å². The second-order valence-corrected chi connectivity index (χ2v) is 12.4. The Hall–Kier alpha value is -0.770. The molecule has 0 radical (unpaired) electrons. The topological polar surface area (TPSA) is 66.0 Å². The van der Waals surface area contributed by atoms with E-state index in [0.717, 1.165) is 34.7 Å². The summed E-state index contributed by atoms with van der Waals surface area (Å²) in [5.41, 5.74) is 0.308. The number of anilines is 1. The number of carbonyl (C=O) groups excluding carboxylic acids is 1. The molecule has 4 heterocycles. The highest BCUT2D eigenvalue weighted by atomic mass is 32.2. The smallest absolute Gasteiger partial charge is 0.224 e. The van der Waals surface area contributed by atoms with Crippen molar-refractivity contribution in [2.24, 2.45) is 23.7 Å². The van der Waals surface area contributed by atoms with Gasteiger partial charge in [-0.05, 0) is 81.1 Å². The van der Waals surface area contributed by atoms with Gasteiger partial charge >= 0.3 is 0 Å². The van der Waals surface area contributed by atoms with Crippen LogP contribution in [-0.2, 0) is 24.0 Å². The predicted molar refractivity (Wildman–Crippen MR) is 135 cm³/mol. The number of carbonyl (C=O) groups is 1. The molecule has 1 aliphatic carbocycles. The summed E-state index contributed by atoms with van der Waals surface area (Å²) >= 11 is 3.36. The lowest BCUT2D eigenvalue weighted by Crippen LogP contribution is -2.70. The van der Waals surface area contributed by atoms with Gasteiger partial charge in [0.1, 0.15) is 0 Å². The van der Waals surface area contributed by atoms with E-state index in [4.69, 9.17) is 19.2 Å². The lowest BCUT2D eigenvalue weighted by Gasteiger charge is -2.60. The summed E-state index contributed by atoms with van der Waals surface area (Å²) in [6, 6.07) is 6.20. The second kappa shape index (κ2) is 9.60. The van der Waals surface area contributed by atoms with Crippen molar-refractivity contribution >= 4 is 35.1 Å². The molecular formula is C26H37NO5S2. The monoisotopic (exact) mass is 507 g/mol. The Balaban J connectivity index is 1.29. The zero-order valence-electron chi connectivity index (χ0n) is 20.8. The molecule has 188 valence electrons. The van der Waals surface area contributed by atoms with Gasteiger partial charge in [-0.15, -0.1) is 23.5 Å². The first kappa shape index (κ1) is 24.9. The Morgan fingerprint density at radius 2 is 1.79 bits per heavy atom. The van der Waals surface area contributed by atoms with Crippen LogP contribution in [0, 0.1) is 23.7 Å². The zero-order valence-corrected chi connectivity index (χ0v) is 22.4. The molecule has 6 rings (SSSR count). The van der Waals surface area contributed by atoms with Crippen molar-refractivity contribution in [2.75, 3.05) is 17.8 Å². The fraction of sp³-hybridized carbons (Fsp3) is 0.731. The first-order valence-electron chi connectivity index (χ1n) is 12.5. The molecule has 6 nitrogen and oxygen atoms in total. The van der Waals surface area contributed by atoms with Crippen molar-refractivity contribution in [3.05, 3.63) is 18.2 Å². The van der Waals surface area contributed by atoms with E-state index in [9.17, 15) is 4.79 Å². The third-order valence-corrected chi connectivity index (χ3v) is 10.0. The zero-order chi connectivity index (χ0) is 24.1. The molecule has 1 spiro atoms. The molecule has 1 aromatic carbocycles. The molecule has 4 saturated heterocycles. The second-order valence-electron chi connectivity index (χ2n) is 10.6. The van der Waals surface area contributed by atoms with Gasteiger partial charge in [-0.2, -0.15) is 0 Å². The Morgan fingerprint density at radius 3 is 2.50 bits per heavy atom. The minimum absolute atomic E-state index is 0.0198. The van der Waals surface area contributed by atoms with Gasteiger partial charge in [-0.1, -0.05) is 13.8 Å². The molecule has 8 atom stereocenters. The SMILES string of the molecule is CSc1cc(NC(=O)CC[C@H]2O[C@@H]3OC4(C)CC[C@H]5[C@H](C)CC[C@@H]([C@H]2C)[C@@]35OO4)cc(SC)c1. The Labute approximate surface area is 211 Å². The Morgan fingerprint density at radius 1 is 1.06 bits per heavy atom.